The number of halogens is 1. The van der Waals surface area contributed by atoms with E-state index in [2.05, 4.69) is 4.99 Å². The van der Waals surface area contributed by atoms with E-state index in [-0.39, 0.29) is 17.3 Å². The molecule has 2 rings (SSSR count). The third-order valence-corrected chi connectivity index (χ3v) is 2.71. The highest BCUT2D eigenvalue weighted by Crippen LogP contribution is 2.14. The Morgan fingerprint density at radius 3 is 2.82 bits per heavy atom. The molecule has 0 saturated carbocycles. The van der Waals surface area contributed by atoms with Gasteiger partial charge in [0.15, 0.2) is 0 Å². The van der Waals surface area contributed by atoms with Gasteiger partial charge >= 0.3 is 5.91 Å². The van der Waals surface area contributed by atoms with Crippen LogP contribution in [0.25, 0.3) is 0 Å². The van der Waals surface area contributed by atoms with E-state index >= 15 is 0 Å². The van der Waals surface area contributed by atoms with E-state index in [9.17, 15) is 9.90 Å². The predicted octanol–water partition coefficient (Wildman–Crippen LogP) is 0.853. The SMILES string of the molecule is CCCC1=C(O)N=C2C=CC(Cl)=C[NH+]2C1=O.[OH-]. The second kappa shape index (κ2) is 5.27. The van der Waals surface area contributed by atoms with Crippen LogP contribution in [0, 0.1) is 0 Å². The Balaban J connectivity index is 0.00000144. The van der Waals surface area contributed by atoms with Crippen LogP contribution in [0.5, 0.6) is 0 Å². The normalized spacial score (nSPS) is 22.7. The number of aliphatic hydroxyl groups is 1. The Morgan fingerprint density at radius 2 is 2.18 bits per heavy atom. The number of hydrogen-bond donors (Lipinski definition) is 2. The Morgan fingerprint density at radius 1 is 1.47 bits per heavy atom. The molecular weight excluding hydrogens is 244 g/mol. The first-order valence-electron chi connectivity index (χ1n) is 5.11. The first kappa shape index (κ1) is 13.6. The van der Waals surface area contributed by atoms with E-state index in [0.29, 0.717) is 27.8 Å². The summed E-state index contributed by atoms with van der Waals surface area (Å²) in [7, 11) is 0. The summed E-state index contributed by atoms with van der Waals surface area (Å²) in [6.45, 7) is 1.95. The molecule has 2 heterocycles. The number of aliphatic hydroxyl groups excluding tert-OH is 1. The van der Waals surface area contributed by atoms with Crippen LogP contribution in [-0.4, -0.2) is 22.3 Å². The molecule has 0 fully saturated rings. The van der Waals surface area contributed by atoms with Gasteiger partial charge in [-0.1, -0.05) is 24.9 Å². The van der Waals surface area contributed by atoms with Crippen molar-refractivity contribution in [1.29, 1.82) is 0 Å². The molecule has 92 valence electrons. The molecule has 0 aromatic carbocycles. The minimum absolute atomic E-state index is 0. The van der Waals surface area contributed by atoms with Gasteiger partial charge in [0.1, 0.15) is 11.8 Å². The number of carbonyl (C=O) groups excluding carboxylic acids is 1. The lowest BCUT2D eigenvalue weighted by Gasteiger charge is -2.20. The maximum Gasteiger partial charge on any atom is 0.356 e. The predicted molar refractivity (Wildman–Crippen MR) is 63.0 cm³/mol. The lowest BCUT2D eigenvalue weighted by atomic mass is 10.1. The Hall–Kier alpha value is -1.43. The quantitative estimate of drug-likeness (QED) is 0.768. The number of fused-ring (bicyclic) bond motifs is 1. The minimum Gasteiger partial charge on any atom is -0.870 e. The van der Waals surface area contributed by atoms with Gasteiger partial charge in [-0.05, 0) is 12.5 Å². The maximum absolute atomic E-state index is 12.0. The van der Waals surface area contributed by atoms with Crippen LogP contribution in [0.4, 0.5) is 0 Å². The zero-order valence-corrected chi connectivity index (χ0v) is 10.0. The summed E-state index contributed by atoms with van der Waals surface area (Å²) in [5, 5.41) is 10.1. The van der Waals surface area contributed by atoms with Gasteiger partial charge in [0, 0.05) is 6.08 Å². The van der Waals surface area contributed by atoms with Crippen molar-refractivity contribution in [2.75, 3.05) is 0 Å². The van der Waals surface area contributed by atoms with Crippen LogP contribution in [0.2, 0.25) is 0 Å². The van der Waals surface area contributed by atoms with Crippen LogP contribution >= 0.6 is 11.6 Å². The Kier molecular flexibility index (Phi) is 4.22. The van der Waals surface area contributed by atoms with Crippen LogP contribution in [0.3, 0.4) is 0 Å². The number of nitrogens with zero attached hydrogens (tertiary/aromatic N) is 1. The molecule has 17 heavy (non-hydrogen) atoms. The average molecular weight is 257 g/mol. The van der Waals surface area contributed by atoms with Gasteiger partial charge in [-0.15, -0.1) is 0 Å². The highest BCUT2D eigenvalue weighted by molar-refractivity contribution is 6.31. The second-order valence-electron chi connectivity index (χ2n) is 3.65. The number of hydrogen-bond acceptors (Lipinski definition) is 4. The average Bonchev–Trinajstić information content (AvgIpc) is 2.26. The standard InChI is InChI=1S/C11H11ClN2O2.H2O/c1-2-3-8-10(15)13-9-5-4-7(12)6-14(9)11(8)16;/h4-6,15H,2-3H2,1H3;1H2. The van der Waals surface area contributed by atoms with E-state index in [1.807, 2.05) is 6.92 Å². The van der Waals surface area contributed by atoms with Crippen LogP contribution in [0.15, 0.2) is 39.8 Å². The molecule has 0 spiro atoms. The first-order chi connectivity index (χ1) is 7.63. The van der Waals surface area contributed by atoms with Crippen LogP contribution in [0.1, 0.15) is 19.8 Å². The molecule has 0 aromatic heterocycles. The zero-order chi connectivity index (χ0) is 11.7. The minimum atomic E-state index is -0.174. The largest absolute Gasteiger partial charge is 0.870 e. The number of nitrogens with one attached hydrogen (secondary N) is 1. The zero-order valence-electron chi connectivity index (χ0n) is 9.27. The van der Waals surface area contributed by atoms with Gasteiger partial charge < -0.3 is 10.6 Å². The van der Waals surface area contributed by atoms with Crippen LogP contribution in [-0.2, 0) is 4.79 Å². The van der Waals surface area contributed by atoms with Crippen molar-refractivity contribution in [3.63, 3.8) is 0 Å². The van der Waals surface area contributed by atoms with Crippen molar-refractivity contribution in [1.82, 2.24) is 0 Å². The summed E-state index contributed by atoms with van der Waals surface area (Å²) in [5.74, 6) is 0.139. The van der Waals surface area contributed by atoms with Crippen molar-refractivity contribution < 1.29 is 20.3 Å². The van der Waals surface area contributed by atoms with Gasteiger partial charge in [-0.2, -0.15) is 9.89 Å². The molecule has 2 aliphatic rings. The molecule has 1 atom stereocenters. The third kappa shape index (κ3) is 2.46. The number of aliphatic imine (C=N–C) groups is 1. The van der Waals surface area contributed by atoms with Crippen molar-refractivity contribution in [3.05, 3.63) is 34.8 Å². The lowest BCUT2D eigenvalue weighted by molar-refractivity contribution is -0.656. The maximum atomic E-state index is 12.0. The molecule has 0 aromatic rings. The second-order valence-corrected chi connectivity index (χ2v) is 4.09. The van der Waals surface area contributed by atoms with Crippen molar-refractivity contribution >= 4 is 23.3 Å². The van der Waals surface area contributed by atoms with Crippen molar-refractivity contribution in [3.8, 4) is 0 Å². The summed E-state index contributed by atoms with van der Waals surface area (Å²) in [6, 6.07) is 0. The molecule has 5 nitrogen and oxygen atoms in total. The Labute approximate surface area is 104 Å². The molecular formula is C11H13ClN2O3. The first-order valence-corrected chi connectivity index (χ1v) is 5.49. The van der Waals surface area contributed by atoms with Gasteiger partial charge in [0.05, 0.1) is 5.03 Å². The highest BCUT2D eigenvalue weighted by Gasteiger charge is 2.35. The fourth-order valence-corrected chi connectivity index (χ4v) is 1.88. The molecule has 0 saturated heterocycles. The van der Waals surface area contributed by atoms with Crippen molar-refractivity contribution in [2.24, 2.45) is 4.99 Å². The highest BCUT2D eigenvalue weighted by atomic mass is 35.5. The molecule has 1 unspecified atom stereocenters. The smallest absolute Gasteiger partial charge is 0.356 e. The van der Waals surface area contributed by atoms with Gasteiger partial charge in [0.2, 0.25) is 11.7 Å². The topological polar surface area (TPSA) is 84.1 Å². The molecule has 1 amide bonds. The number of amides is 1. The van der Waals surface area contributed by atoms with Gasteiger partial charge in [0.25, 0.3) is 0 Å². The van der Waals surface area contributed by atoms with Crippen LogP contribution < -0.4 is 4.90 Å². The monoisotopic (exact) mass is 256 g/mol. The number of amidine groups is 1. The molecule has 0 aliphatic carbocycles. The third-order valence-electron chi connectivity index (χ3n) is 2.47. The summed E-state index contributed by atoms with van der Waals surface area (Å²) in [4.78, 5) is 16.5. The summed E-state index contributed by atoms with van der Waals surface area (Å²) in [5.41, 5.74) is 0.372. The van der Waals surface area contributed by atoms with Gasteiger partial charge in [-0.3, -0.25) is 0 Å². The summed E-state index contributed by atoms with van der Waals surface area (Å²) >= 11 is 5.83. The number of allylic oxidation sites excluding steroid dienone is 2. The lowest BCUT2D eigenvalue weighted by Crippen LogP contribution is -3.14. The van der Waals surface area contributed by atoms with E-state index in [1.54, 1.807) is 18.4 Å². The fraction of sp³-hybridized carbons (Fsp3) is 0.273. The molecule has 0 bridgehead atoms. The molecule has 2 aliphatic heterocycles. The van der Waals surface area contributed by atoms with E-state index in [0.717, 1.165) is 6.42 Å². The number of rotatable bonds is 2. The number of carbonyl (C=O) groups is 1. The number of quaternary nitrogens is 1. The summed E-state index contributed by atoms with van der Waals surface area (Å²) < 4.78 is 0. The molecule has 3 N–H and O–H groups in total. The summed E-state index contributed by atoms with van der Waals surface area (Å²) in [6.07, 6.45) is 6.19. The van der Waals surface area contributed by atoms with Crippen molar-refractivity contribution in [2.45, 2.75) is 19.8 Å². The molecule has 0 radical (unpaired) electrons. The van der Waals surface area contributed by atoms with E-state index in [1.165, 1.54) is 0 Å². The van der Waals surface area contributed by atoms with E-state index < -0.39 is 0 Å². The Bertz CT molecular complexity index is 463. The van der Waals surface area contributed by atoms with Gasteiger partial charge in [-0.25, -0.2) is 4.79 Å². The van der Waals surface area contributed by atoms with E-state index in [4.69, 9.17) is 11.6 Å². The molecule has 6 heteroatoms. The fourth-order valence-electron chi connectivity index (χ4n) is 1.71.